The summed E-state index contributed by atoms with van der Waals surface area (Å²) in [5.74, 6) is -0.193. The van der Waals surface area contributed by atoms with Crippen LogP contribution in [0.1, 0.15) is 27.2 Å². The summed E-state index contributed by atoms with van der Waals surface area (Å²) in [6, 6.07) is 0. The Morgan fingerprint density at radius 3 is 2.36 bits per heavy atom. The van der Waals surface area contributed by atoms with Gasteiger partial charge in [-0.05, 0) is 19.9 Å². The van der Waals surface area contributed by atoms with Crippen molar-refractivity contribution in [2.45, 2.75) is 32.7 Å². The molecule has 1 N–H and O–H groups in total. The number of carbonyl (C=O) groups is 1. The van der Waals surface area contributed by atoms with Gasteiger partial charge in [-0.3, -0.25) is 4.79 Å². The number of carbonyl (C=O) groups excluding carboxylic acids is 1. The molecule has 0 aliphatic carbocycles. The summed E-state index contributed by atoms with van der Waals surface area (Å²) in [5, 5.41) is 3.08. The van der Waals surface area contributed by atoms with Crippen molar-refractivity contribution in [2.24, 2.45) is 0 Å². The fourth-order valence-electron chi connectivity index (χ4n) is 0.957. The lowest BCUT2D eigenvalue weighted by Gasteiger charge is -2.25. The van der Waals surface area contributed by atoms with Gasteiger partial charge < -0.3 is 10.1 Å². The van der Waals surface area contributed by atoms with Gasteiger partial charge in [0.05, 0.1) is 7.11 Å². The number of rotatable bonds is 4. The Kier molecular flexibility index (Phi) is 4.11. The van der Waals surface area contributed by atoms with E-state index in [1.165, 1.54) is 7.11 Å². The van der Waals surface area contributed by atoms with E-state index < -0.39 is 5.54 Å². The van der Waals surface area contributed by atoms with E-state index in [2.05, 4.69) is 10.1 Å². The molecular weight excluding hydrogens is 142 g/mol. The van der Waals surface area contributed by atoms with Crippen LogP contribution in [-0.2, 0) is 9.53 Å². The largest absolute Gasteiger partial charge is 0.468 e. The minimum absolute atomic E-state index is 0.193. The van der Waals surface area contributed by atoms with Crippen LogP contribution in [0.5, 0.6) is 0 Å². The molecule has 0 aromatic heterocycles. The summed E-state index contributed by atoms with van der Waals surface area (Å²) < 4.78 is 4.66. The fraction of sp³-hybridized carbons (Fsp3) is 0.875. The molecule has 0 aliphatic rings. The van der Waals surface area contributed by atoms with Crippen LogP contribution >= 0.6 is 0 Å². The lowest BCUT2D eigenvalue weighted by molar-refractivity contribution is -0.148. The Labute approximate surface area is 68.1 Å². The van der Waals surface area contributed by atoms with Crippen molar-refractivity contribution < 1.29 is 9.53 Å². The first kappa shape index (κ1) is 10.4. The molecular formula is C8H17NO2. The quantitative estimate of drug-likeness (QED) is 0.620. The van der Waals surface area contributed by atoms with E-state index in [0.29, 0.717) is 0 Å². The maximum Gasteiger partial charge on any atom is 0.325 e. The smallest absolute Gasteiger partial charge is 0.325 e. The highest BCUT2D eigenvalue weighted by Crippen LogP contribution is 2.10. The van der Waals surface area contributed by atoms with Crippen LogP contribution in [0.2, 0.25) is 0 Å². The average molecular weight is 159 g/mol. The summed E-state index contributed by atoms with van der Waals surface area (Å²) in [6.45, 7) is 6.55. The molecule has 0 amide bonds. The second-order valence-corrected chi connectivity index (χ2v) is 2.71. The molecule has 3 nitrogen and oxygen atoms in total. The van der Waals surface area contributed by atoms with Gasteiger partial charge in [-0.15, -0.1) is 0 Å². The molecule has 0 saturated carbocycles. The zero-order valence-corrected chi connectivity index (χ0v) is 7.73. The maximum absolute atomic E-state index is 11.2. The van der Waals surface area contributed by atoms with Crippen molar-refractivity contribution >= 4 is 5.97 Å². The number of ether oxygens (including phenoxy) is 1. The third-order valence-corrected chi connectivity index (χ3v) is 1.91. The molecule has 0 aromatic carbocycles. The standard InChI is InChI=1S/C8H17NO2/c1-5-8(3,9-6-2)7(10)11-4/h9H,5-6H2,1-4H3. The molecule has 0 aromatic rings. The van der Waals surface area contributed by atoms with Crippen LogP contribution in [0, 0.1) is 0 Å². The van der Waals surface area contributed by atoms with Gasteiger partial charge in [0.2, 0.25) is 0 Å². The molecule has 0 spiro atoms. The fourth-order valence-corrected chi connectivity index (χ4v) is 0.957. The first-order valence-corrected chi connectivity index (χ1v) is 3.94. The predicted octanol–water partition coefficient (Wildman–Crippen LogP) is 0.938. The number of hydrogen-bond donors (Lipinski definition) is 1. The highest BCUT2D eigenvalue weighted by molar-refractivity contribution is 5.80. The molecule has 0 rings (SSSR count). The number of methoxy groups -OCH3 is 1. The topological polar surface area (TPSA) is 38.3 Å². The highest BCUT2D eigenvalue weighted by atomic mass is 16.5. The van der Waals surface area contributed by atoms with Crippen LogP contribution in [-0.4, -0.2) is 25.2 Å². The minimum atomic E-state index is -0.510. The van der Waals surface area contributed by atoms with E-state index >= 15 is 0 Å². The lowest BCUT2D eigenvalue weighted by atomic mass is 9.99. The molecule has 0 saturated heterocycles. The van der Waals surface area contributed by atoms with E-state index in [9.17, 15) is 4.79 Å². The van der Waals surface area contributed by atoms with Crippen LogP contribution in [0.4, 0.5) is 0 Å². The molecule has 1 unspecified atom stereocenters. The van der Waals surface area contributed by atoms with Crippen molar-refractivity contribution in [3.05, 3.63) is 0 Å². The summed E-state index contributed by atoms with van der Waals surface area (Å²) in [4.78, 5) is 11.2. The van der Waals surface area contributed by atoms with Gasteiger partial charge in [-0.1, -0.05) is 13.8 Å². The van der Waals surface area contributed by atoms with Crippen molar-refractivity contribution in [1.82, 2.24) is 5.32 Å². The van der Waals surface area contributed by atoms with E-state index in [1.807, 2.05) is 20.8 Å². The van der Waals surface area contributed by atoms with Crippen molar-refractivity contribution in [3.8, 4) is 0 Å². The zero-order valence-electron chi connectivity index (χ0n) is 7.73. The van der Waals surface area contributed by atoms with Gasteiger partial charge in [0.1, 0.15) is 5.54 Å². The normalized spacial score (nSPS) is 15.6. The zero-order chi connectivity index (χ0) is 8.91. The predicted molar refractivity (Wildman–Crippen MR) is 44.4 cm³/mol. The van der Waals surface area contributed by atoms with Gasteiger partial charge in [-0.25, -0.2) is 0 Å². The van der Waals surface area contributed by atoms with E-state index in [0.717, 1.165) is 13.0 Å². The second-order valence-electron chi connectivity index (χ2n) is 2.71. The maximum atomic E-state index is 11.2. The van der Waals surface area contributed by atoms with Gasteiger partial charge >= 0.3 is 5.97 Å². The Balaban J connectivity index is 4.19. The Bertz CT molecular complexity index is 136. The third-order valence-electron chi connectivity index (χ3n) is 1.91. The van der Waals surface area contributed by atoms with Gasteiger partial charge in [-0.2, -0.15) is 0 Å². The van der Waals surface area contributed by atoms with Crippen LogP contribution in [0.25, 0.3) is 0 Å². The Morgan fingerprint density at radius 2 is 2.09 bits per heavy atom. The molecule has 1 atom stereocenters. The van der Waals surface area contributed by atoms with E-state index in [1.54, 1.807) is 0 Å². The second kappa shape index (κ2) is 4.34. The molecule has 0 fully saturated rings. The Morgan fingerprint density at radius 1 is 1.55 bits per heavy atom. The average Bonchev–Trinajstić information content (AvgIpc) is 2.03. The first-order valence-electron chi connectivity index (χ1n) is 3.94. The van der Waals surface area contributed by atoms with Crippen molar-refractivity contribution in [1.29, 1.82) is 0 Å². The molecule has 66 valence electrons. The summed E-state index contributed by atoms with van der Waals surface area (Å²) in [6.07, 6.45) is 0.744. The number of esters is 1. The monoisotopic (exact) mass is 159 g/mol. The third kappa shape index (κ3) is 2.50. The van der Waals surface area contributed by atoms with Gasteiger partial charge in [0.25, 0.3) is 0 Å². The van der Waals surface area contributed by atoms with Crippen LogP contribution in [0.15, 0.2) is 0 Å². The lowest BCUT2D eigenvalue weighted by Crippen LogP contribution is -2.49. The molecule has 0 bridgehead atoms. The highest BCUT2D eigenvalue weighted by Gasteiger charge is 2.30. The molecule has 0 radical (unpaired) electrons. The summed E-state index contributed by atoms with van der Waals surface area (Å²) >= 11 is 0. The molecule has 0 heterocycles. The Hall–Kier alpha value is -0.570. The van der Waals surface area contributed by atoms with Crippen molar-refractivity contribution in [2.75, 3.05) is 13.7 Å². The molecule has 0 aliphatic heterocycles. The molecule has 11 heavy (non-hydrogen) atoms. The van der Waals surface area contributed by atoms with E-state index in [-0.39, 0.29) is 5.97 Å². The summed E-state index contributed by atoms with van der Waals surface area (Å²) in [7, 11) is 1.41. The van der Waals surface area contributed by atoms with Gasteiger partial charge in [0, 0.05) is 0 Å². The minimum Gasteiger partial charge on any atom is -0.468 e. The number of hydrogen-bond acceptors (Lipinski definition) is 3. The van der Waals surface area contributed by atoms with Crippen LogP contribution in [0.3, 0.4) is 0 Å². The van der Waals surface area contributed by atoms with Gasteiger partial charge in [0.15, 0.2) is 0 Å². The molecule has 3 heteroatoms. The number of nitrogens with one attached hydrogen (secondary N) is 1. The number of likely N-dealkylation sites (N-methyl/N-ethyl adjacent to an activating group) is 1. The first-order chi connectivity index (χ1) is 5.10. The van der Waals surface area contributed by atoms with E-state index in [4.69, 9.17) is 0 Å². The SMILES string of the molecule is CCNC(C)(CC)C(=O)OC. The van der Waals surface area contributed by atoms with Crippen molar-refractivity contribution in [3.63, 3.8) is 0 Å². The van der Waals surface area contributed by atoms with Crippen LogP contribution < -0.4 is 5.32 Å². The summed E-state index contributed by atoms with van der Waals surface area (Å²) in [5.41, 5.74) is -0.510.